The quantitative estimate of drug-likeness (QED) is 0.565. The van der Waals surface area contributed by atoms with Crippen molar-refractivity contribution in [1.29, 1.82) is 0 Å². The summed E-state index contributed by atoms with van der Waals surface area (Å²) in [7, 11) is 0. The first-order valence-corrected chi connectivity index (χ1v) is 3.56. The maximum Gasteiger partial charge on any atom is 0.173 e. The van der Waals surface area contributed by atoms with E-state index in [1.165, 1.54) is 6.33 Å². The van der Waals surface area contributed by atoms with Gasteiger partial charge in [-0.15, -0.1) is 0 Å². The molecule has 0 aliphatic rings. The SMILES string of the molecule is CC.c1cn2ncnc2cn1. The second kappa shape index (κ2) is 3.65. The summed E-state index contributed by atoms with van der Waals surface area (Å²) < 4.78 is 1.66. The fourth-order valence-electron chi connectivity index (χ4n) is 0.678. The Kier molecular flexibility index (Phi) is 2.54. The van der Waals surface area contributed by atoms with Crippen LogP contribution in [0.5, 0.6) is 0 Å². The van der Waals surface area contributed by atoms with Crippen LogP contribution in [-0.4, -0.2) is 19.6 Å². The van der Waals surface area contributed by atoms with Gasteiger partial charge in [-0.1, -0.05) is 13.8 Å². The summed E-state index contributed by atoms with van der Waals surface area (Å²) in [6.45, 7) is 4.00. The highest BCUT2D eigenvalue weighted by Gasteiger charge is 1.88. The highest BCUT2D eigenvalue weighted by molar-refractivity contribution is 5.30. The Morgan fingerprint density at radius 1 is 1.36 bits per heavy atom. The Hall–Kier alpha value is -1.45. The molecule has 0 radical (unpaired) electrons. The Morgan fingerprint density at radius 2 is 2.18 bits per heavy atom. The highest BCUT2D eigenvalue weighted by Crippen LogP contribution is 1.89. The van der Waals surface area contributed by atoms with Gasteiger partial charge in [-0.25, -0.2) is 9.50 Å². The Labute approximate surface area is 64.9 Å². The first-order valence-electron chi connectivity index (χ1n) is 3.56. The van der Waals surface area contributed by atoms with Gasteiger partial charge >= 0.3 is 0 Å². The molecule has 0 saturated carbocycles. The van der Waals surface area contributed by atoms with Crippen molar-refractivity contribution in [2.75, 3.05) is 0 Å². The van der Waals surface area contributed by atoms with Gasteiger partial charge in [0, 0.05) is 12.4 Å². The number of hydrogen-bond donors (Lipinski definition) is 0. The topological polar surface area (TPSA) is 43.1 Å². The van der Waals surface area contributed by atoms with Gasteiger partial charge in [0.15, 0.2) is 5.65 Å². The lowest BCUT2D eigenvalue weighted by Crippen LogP contribution is -1.84. The molecule has 4 nitrogen and oxygen atoms in total. The standard InChI is InChI=1S/C5H4N4.C2H6/c1-2-9-5(3-6-1)7-4-8-9;1-2/h1-4H;1-2H3. The lowest BCUT2D eigenvalue weighted by molar-refractivity contribution is 0.946. The van der Waals surface area contributed by atoms with Crippen LogP contribution in [0.3, 0.4) is 0 Å². The molecule has 11 heavy (non-hydrogen) atoms. The van der Waals surface area contributed by atoms with E-state index in [0.717, 1.165) is 5.65 Å². The Morgan fingerprint density at radius 3 is 2.91 bits per heavy atom. The zero-order valence-corrected chi connectivity index (χ0v) is 6.60. The van der Waals surface area contributed by atoms with Crippen LogP contribution in [0.4, 0.5) is 0 Å². The number of hydrogen-bond acceptors (Lipinski definition) is 3. The van der Waals surface area contributed by atoms with Gasteiger partial charge in [-0.3, -0.25) is 4.98 Å². The molecule has 2 rings (SSSR count). The van der Waals surface area contributed by atoms with Crippen LogP contribution in [0.1, 0.15) is 13.8 Å². The molecule has 2 aromatic rings. The van der Waals surface area contributed by atoms with Gasteiger partial charge in [-0.2, -0.15) is 5.10 Å². The molecule has 0 aromatic carbocycles. The summed E-state index contributed by atoms with van der Waals surface area (Å²) in [5.74, 6) is 0. The third kappa shape index (κ3) is 1.52. The lowest BCUT2D eigenvalue weighted by atomic mass is 10.7. The molecular formula is C7H10N4. The highest BCUT2D eigenvalue weighted by atomic mass is 15.3. The van der Waals surface area contributed by atoms with Gasteiger partial charge in [0.05, 0.1) is 6.20 Å². The van der Waals surface area contributed by atoms with Gasteiger partial charge < -0.3 is 0 Å². The first-order chi connectivity index (χ1) is 5.47. The molecular weight excluding hydrogens is 140 g/mol. The van der Waals surface area contributed by atoms with E-state index in [1.807, 2.05) is 13.8 Å². The molecule has 0 fully saturated rings. The summed E-state index contributed by atoms with van der Waals surface area (Å²) in [6.07, 6.45) is 6.58. The average molecular weight is 150 g/mol. The van der Waals surface area contributed by atoms with E-state index in [2.05, 4.69) is 15.1 Å². The van der Waals surface area contributed by atoms with E-state index in [4.69, 9.17) is 0 Å². The Balaban J connectivity index is 0.000000281. The third-order valence-electron chi connectivity index (χ3n) is 1.08. The van der Waals surface area contributed by atoms with Crippen molar-refractivity contribution in [1.82, 2.24) is 19.6 Å². The molecule has 0 aliphatic carbocycles. The summed E-state index contributed by atoms with van der Waals surface area (Å²) >= 11 is 0. The zero-order chi connectivity index (χ0) is 8.10. The molecule has 2 heterocycles. The van der Waals surface area contributed by atoms with Crippen LogP contribution in [0.25, 0.3) is 5.65 Å². The van der Waals surface area contributed by atoms with Crippen molar-refractivity contribution < 1.29 is 0 Å². The van der Waals surface area contributed by atoms with Crippen LogP contribution in [0.15, 0.2) is 24.9 Å². The van der Waals surface area contributed by atoms with Crippen LogP contribution >= 0.6 is 0 Å². The van der Waals surface area contributed by atoms with Crippen molar-refractivity contribution in [2.45, 2.75) is 13.8 Å². The van der Waals surface area contributed by atoms with Gasteiger partial charge in [0.2, 0.25) is 0 Å². The third-order valence-corrected chi connectivity index (χ3v) is 1.08. The van der Waals surface area contributed by atoms with E-state index < -0.39 is 0 Å². The van der Waals surface area contributed by atoms with E-state index in [1.54, 1.807) is 23.1 Å². The summed E-state index contributed by atoms with van der Waals surface area (Å²) in [5.41, 5.74) is 0.775. The minimum atomic E-state index is 0.775. The van der Waals surface area contributed by atoms with Crippen molar-refractivity contribution >= 4 is 5.65 Å². The minimum absolute atomic E-state index is 0.775. The maximum atomic E-state index is 3.91. The van der Waals surface area contributed by atoms with Crippen LogP contribution in [0, 0.1) is 0 Å². The molecule has 58 valence electrons. The normalized spacial score (nSPS) is 8.91. The molecule has 0 saturated heterocycles. The summed E-state index contributed by atoms with van der Waals surface area (Å²) in [5, 5.41) is 3.88. The Bertz CT molecular complexity index is 284. The first kappa shape index (κ1) is 7.65. The average Bonchev–Trinajstić information content (AvgIpc) is 2.55. The van der Waals surface area contributed by atoms with Crippen molar-refractivity contribution in [3.63, 3.8) is 0 Å². The van der Waals surface area contributed by atoms with E-state index in [0.29, 0.717) is 0 Å². The molecule has 0 unspecified atom stereocenters. The molecule has 0 bridgehead atoms. The summed E-state index contributed by atoms with van der Waals surface area (Å²) in [6, 6.07) is 0. The minimum Gasteiger partial charge on any atom is -0.259 e. The lowest BCUT2D eigenvalue weighted by Gasteiger charge is -1.84. The van der Waals surface area contributed by atoms with Gasteiger partial charge in [0.1, 0.15) is 6.33 Å². The zero-order valence-electron chi connectivity index (χ0n) is 6.60. The molecule has 4 heteroatoms. The fourth-order valence-corrected chi connectivity index (χ4v) is 0.678. The van der Waals surface area contributed by atoms with E-state index in [9.17, 15) is 0 Å². The molecule has 0 amide bonds. The molecule has 0 N–H and O–H groups in total. The summed E-state index contributed by atoms with van der Waals surface area (Å²) in [4.78, 5) is 7.77. The van der Waals surface area contributed by atoms with E-state index in [-0.39, 0.29) is 0 Å². The largest absolute Gasteiger partial charge is 0.259 e. The van der Waals surface area contributed by atoms with Crippen molar-refractivity contribution in [2.24, 2.45) is 0 Å². The van der Waals surface area contributed by atoms with Gasteiger partial charge in [-0.05, 0) is 0 Å². The van der Waals surface area contributed by atoms with Gasteiger partial charge in [0.25, 0.3) is 0 Å². The second-order valence-electron chi connectivity index (χ2n) is 1.64. The number of aromatic nitrogens is 4. The van der Waals surface area contributed by atoms with E-state index >= 15 is 0 Å². The molecule has 0 spiro atoms. The fraction of sp³-hybridized carbons (Fsp3) is 0.286. The predicted octanol–water partition coefficient (Wildman–Crippen LogP) is 1.15. The predicted molar refractivity (Wildman–Crippen MR) is 42.1 cm³/mol. The van der Waals surface area contributed by atoms with Crippen molar-refractivity contribution in [3.05, 3.63) is 24.9 Å². The number of nitrogens with zero attached hydrogens (tertiary/aromatic N) is 4. The van der Waals surface area contributed by atoms with Crippen molar-refractivity contribution in [3.8, 4) is 0 Å². The molecule has 0 atom stereocenters. The van der Waals surface area contributed by atoms with Crippen LogP contribution in [0.2, 0.25) is 0 Å². The molecule has 2 aromatic heterocycles. The molecule has 0 aliphatic heterocycles. The smallest absolute Gasteiger partial charge is 0.173 e. The van der Waals surface area contributed by atoms with Crippen LogP contribution < -0.4 is 0 Å². The van der Waals surface area contributed by atoms with Crippen LogP contribution in [-0.2, 0) is 0 Å². The maximum absolute atomic E-state index is 3.91. The second-order valence-corrected chi connectivity index (χ2v) is 1.64. The number of rotatable bonds is 0. The number of fused-ring (bicyclic) bond motifs is 1. The monoisotopic (exact) mass is 150 g/mol.